The van der Waals surface area contributed by atoms with Crippen LogP contribution in [0.4, 0.5) is 5.69 Å². The van der Waals surface area contributed by atoms with Gasteiger partial charge in [-0.3, -0.25) is 23.5 Å². The molecule has 0 saturated heterocycles. The third-order valence-corrected chi connectivity index (χ3v) is 6.49. The van der Waals surface area contributed by atoms with Gasteiger partial charge in [0.2, 0.25) is 5.91 Å². The highest BCUT2D eigenvalue weighted by molar-refractivity contribution is 5.94. The average Bonchev–Trinajstić information content (AvgIpc) is 2.97. The maximum Gasteiger partial charge on any atom is 0.332 e. The quantitative estimate of drug-likeness (QED) is 0.356. The fourth-order valence-corrected chi connectivity index (χ4v) is 4.46. The fraction of sp³-hybridized carbons (Fsp3) is 0.241. The van der Waals surface area contributed by atoms with Crippen molar-refractivity contribution in [2.45, 2.75) is 20.0 Å². The lowest BCUT2D eigenvalue weighted by molar-refractivity contribution is -0.119. The highest BCUT2D eigenvalue weighted by Crippen LogP contribution is 2.30. The number of likely N-dealkylation sites (N-methyl/N-ethyl adjacent to an activating group) is 1. The largest absolute Gasteiger partial charge is 0.493 e. The van der Waals surface area contributed by atoms with Crippen LogP contribution in [0.25, 0.3) is 10.9 Å². The Morgan fingerprint density at radius 3 is 2.13 bits per heavy atom. The Bertz CT molecular complexity index is 1620. The van der Waals surface area contributed by atoms with E-state index in [0.717, 1.165) is 4.57 Å². The van der Waals surface area contributed by atoms with Gasteiger partial charge in [0.25, 0.3) is 11.5 Å². The van der Waals surface area contributed by atoms with E-state index in [2.05, 4.69) is 5.32 Å². The predicted octanol–water partition coefficient (Wildman–Crippen LogP) is 2.64. The standard InChI is InChI=1S/C29H30N4O6/c1-5-31(21-9-7-6-8-10-21)26(34)18-32-23-16-25(39-4)24(38-3)15-22(23)28(36)33(29(32)37)17-19-11-13-20(14-12-19)27(35)30-2/h6-16H,5,17-18H2,1-4H3,(H,30,35). The summed E-state index contributed by atoms with van der Waals surface area (Å²) in [6, 6.07) is 18.8. The van der Waals surface area contributed by atoms with E-state index in [4.69, 9.17) is 9.47 Å². The number of methoxy groups -OCH3 is 2. The monoisotopic (exact) mass is 530 g/mol. The van der Waals surface area contributed by atoms with Gasteiger partial charge in [0, 0.05) is 30.9 Å². The van der Waals surface area contributed by atoms with Crippen LogP contribution in [-0.4, -0.2) is 48.8 Å². The molecular formula is C29H30N4O6. The van der Waals surface area contributed by atoms with Gasteiger partial charge in [-0.1, -0.05) is 30.3 Å². The number of benzene rings is 3. The summed E-state index contributed by atoms with van der Waals surface area (Å²) >= 11 is 0. The van der Waals surface area contributed by atoms with E-state index in [0.29, 0.717) is 34.9 Å². The molecule has 10 nitrogen and oxygen atoms in total. The molecule has 39 heavy (non-hydrogen) atoms. The number of hydrogen-bond acceptors (Lipinski definition) is 6. The number of para-hydroxylation sites is 1. The third kappa shape index (κ3) is 5.40. The SMILES string of the molecule is CCN(C(=O)Cn1c(=O)n(Cc2ccc(C(=O)NC)cc2)c(=O)c2cc(OC)c(OC)cc21)c1ccccc1. The first-order valence-corrected chi connectivity index (χ1v) is 12.4. The zero-order chi connectivity index (χ0) is 28.1. The molecule has 202 valence electrons. The van der Waals surface area contributed by atoms with Crippen LogP contribution in [0, 0.1) is 0 Å². The molecule has 0 bridgehead atoms. The number of hydrogen-bond donors (Lipinski definition) is 1. The number of nitrogens with one attached hydrogen (secondary N) is 1. The molecule has 2 amide bonds. The molecule has 0 aliphatic carbocycles. The summed E-state index contributed by atoms with van der Waals surface area (Å²) in [5.41, 5.74) is 0.863. The lowest BCUT2D eigenvalue weighted by Crippen LogP contribution is -2.43. The van der Waals surface area contributed by atoms with Crippen LogP contribution in [0.15, 0.2) is 76.3 Å². The van der Waals surface area contributed by atoms with E-state index in [-0.39, 0.29) is 35.8 Å². The maximum atomic E-state index is 13.8. The summed E-state index contributed by atoms with van der Waals surface area (Å²) in [7, 11) is 4.44. The Kier molecular flexibility index (Phi) is 8.14. The zero-order valence-corrected chi connectivity index (χ0v) is 22.3. The second-order valence-corrected chi connectivity index (χ2v) is 8.73. The van der Waals surface area contributed by atoms with Crippen LogP contribution in [0.5, 0.6) is 11.5 Å². The van der Waals surface area contributed by atoms with Crippen molar-refractivity contribution >= 4 is 28.4 Å². The van der Waals surface area contributed by atoms with Crippen molar-refractivity contribution in [1.29, 1.82) is 0 Å². The molecule has 0 fully saturated rings. The summed E-state index contributed by atoms with van der Waals surface area (Å²) in [6.07, 6.45) is 0. The van der Waals surface area contributed by atoms with Gasteiger partial charge in [0.1, 0.15) is 6.54 Å². The molecule has 0 aliphatic rings. The number of ether oxygens (including phenoxy) is 2. The normalized spacial score (nSPS) is 10.8. The molecule has 0 radical (unpaired) electrons. The van der Waals surface area contributed by atoms with Gasteiger partial charge in [-0.15, -0.1) is 0 Å². The Morgan fingerprint density at radius 2 is 1.54 bits per heavy atom. The lowest BCUT2D eigenvalue weighted by Gasteiger charge is -2.23. The van der Waals surface area contributed by atoms with Gasteiger partial charge in [-0.05, 0) is 42.8 Å². The van der Waals surface area contributed by atoms with E-state index < -0.39 is 11.2 Å². The van der Waals surface area contributed by atoms with Crippen molar-refractivity contribution < 1.29 is 19.1 Å². The highest BCUT2D eigenvalue weighted by Gasteiger charge is 2.21. The van der Waals surface area contributed by atoms with Crippen LogP contribution < -0.4 is 30.9 Å². The van der Waals surface area contributed by atoms with Crippen LogP contribution >= 0.6 is 0 Å². The predicted molar refractivity (Wildman–Crippen MR) is 149 cm³/mol. The maximum absolute atomic E-state index is 13.8. The van der Waals surface area contributed by atoms with Crippen molar-refractivity contribution in [3.05, 3.63) is 98.7 Å². The molecular weight excluding hydrogens is 500 g/mol. The summed E-state index contributed by atoms with van der Waals surface area (Å²) < 4.78 is 13.2. The lowest BCUT2D eigenvalue weighted by atomic mass is 10.1. The van der Waals surface area contributed by atoms with Crippen LogP contribution in [0.2, 0.25) is 0 Å². The van der Waals surface area contributed by atoms with Crippen molar-refractivity contribution in [3.8, 4) is 11.5 Å². The minimum absolute atomic E-state index is 0.0552. The smallest absolute Gasteiger partial charge is 0.332 e. The van der Waals surface area contributed by atoms with Gasteiger partial charge < -0.3 is 19.7 Å². The van der Waals surface area contributed by atoms with Crippen LogP contribution in [0.1, 0.15) is 22.8 Å². The van der Waals surface area contributed by atoms with Crippen LogP contribution in [-0.2, 0) is 17.9 Å². The Labute approximate surface area is 225 Å². The van der Waals surface area contributed by atoms with Gasteiger partial charge in [-0.25, -0.2) is 4.79 Å². The van der Waals surface area contributed by atoms with E-state index in [1.165, 1.54) is 38.0 Å². The van der Waals surface area contributed by atoms with Crippen molar-refractivity contribution in [2.24, 2.45) is 0 Å². The molecule has 0 saturated carbocycles. The summed E-state index contributed by atoms with van der Waals surface area (Å²) in [5.74, 6) is 0.0785. The molecule has 1 heterocycles. The molecule has 3 aromatic carbocycles. The highest BCUT2D eigenvalue weighted by atomic mass is 16.5. The molecule has 0 spiro atoms. The van der Waals surface area contributed by atoms with Gasteiger partial charge in [0.15, 0.2) is 11.5 Å². The minimum Gasteiger partial charge on any atom is -0.493 e. The number of amides is 2. The Hall–Kier alpha value is -4.86. The minimum atomic E-state index is -0.646. The first kappa shape index (κ1) is 27.2. The number of nitrogens with zero attached hydrogens (tertiary/aromatic N) is 3. The first-order valence-electron chi connectivity index (χ1n) is 12.4. The van der Waals surface area contributed by atoms with Gasteiger partial charge in [-0.2, -0.15) is 0 Å². The number of carbonyl (C=O) groups is 2. The molecule has 4 aromatic rings. The zero-order valence-electron chi connectivity index (χ0n) is 22.3. The molecule has 1 N–H and O–H groups in total. The number of anilines is 1. The topological polar surface area (TPSA) is 112 Å². The van der Waals surface area contributed by atoms with Crippen molar-refractivity contribution in [3.63, 3.8) is 0 Å². The molecule has 1 aromatic heterocycles. The number of carbonyl (C=O) groups excluding carboxylic acids is 2. The summed E-state index contributed by atoms with van der Waals surface area (Å²) in [6.45, 7) is 1.89. The molecule has 10 heteroatoms. The third-order valence-electron chi connectivity index (χ3n) is 6.49. The van der Waals surface area contributed by atoms with E-state index in [9.17, 15) is 19.2 Å². The molecule has 0 aliphatic heterocycles. The summed E-state index contributed by atoms with van der Waals surface area (Å²) in [5, 5.41) is 2.75. The number of fused-ring (bicyclic) bond motifs is 1. The Balaban J connectivity index is 1.86. The van der Waals surface area contributed by atoms with Crippen molar-refractivity contribution in [1.82, 2.24) is 14.5 Å². The van der Waals surface area contributed by atoms with Crippen molar-refractivity contribution in [2.75, 3.05) is 32.7 Å². The number of rotatable bonds is 9. The van der Waals surface area contributed by atoms with Crippen LogP contribution in [0.3, 0.4) is 0 Å². The summed E-state index contributed by atoms with van der Waals surface area (Å²) in [4.78, 5) is 54.3. The molecule has 0 unspecified atom stereocenters. The average molecular weight is 531 g/mol. The molecule has 4 rings (SSSR count). The second kappa shape index (κ2) is 11.7. The van der Waals surface area contributed by atoms with Gasteiger partial charge in [0.05, 0.1) is 31.7 Å². The molecule has 0 atom stereocenters. The Morgan fingerprint density at radius 1 is 0.897 bits per heavy atom. The number of aromatic nitrogens is 2. The van der Waals surface area contributed by atoms with E-state index in [1.54, 1.807) is 29.2 Å². The van der Waals surface area contributed by atoms with Gasteiger partial charge >= 0.3 is 5.69 Å². The van der Waals surface area contributed by atoms with E-state index in [1.807, 2.05) is 37.3 Å². The van der Waals surface area contributed by atoms with E-state index >= 15 is 0 Å². The first-order chi connectivity index (χ1) is 18.8. The second-order valence-electron chi connectivity index (χ2n) is 8.73. The fourth-order valence-electron chi connectivity index (χ4n) is 4.46.